The van der Waals surface area contributed by atoms with E-state index in [4.69, 9.17) is 9.47 Å². The van der Waals surface area contributed by atoms with E-state index >= 15 is 0 Å². The third-order valence-corrected chi connectivity index (χ3v) is 4.82. The number of hydrogen-bond donors (Lipinski definition) is 1. The van der Waals surface area contributed by atoms with E-state index < -0.39 is 0 Å². The minimum absolute atomic E-state index is 0.0753. The van der Waals surface area contributed by atoms with Crippen LogP contribution in [-0.2, 0) is 0 Å². The number of fused-ring (bicyclic) bond motifs is 2. The molecule has 23 heavy (non-hydrogen) atoms. The number of rotatable bonds is 3. The van der Waals surface area contributed by atoms with Crippen molar-refractivity contribution in [3.63, 3.8) is 0 Å². The number of carbonyl (C=O) groups excluding carboxylic acids is 1. The summed E-state index contributed by atoms with van der Waals surface area (Å²) >= 11 is 1.50. The lowest BCUT2D eigenvalue weighted by Gasteiger charge is -2.26. The van der Waals surface area contributed by atoms with Crippen LogP contribution in [0.15, 0.2) is 54.6 Å². The number of nitrogens with one attached hydrogen (secondary N) is 1. The maximum atomic E-state index is 12.3. The van der Waals surface area contributed by atoms with Gasteiger partial charge in [0.05, 0.1) is 11.4 Å². The van der Waals surface area contributed by atoms with Crippen LogP contribution in [0.2, 0.25) is 0 Å². The minimum atomic E-state index is -0.178. The summed E-state index contributed by atoms with van der Waals surface area (Å²) in [4.78, 5) is 13.0. The molecule has 0 radical (unpaired) electrons. The quantitative estimate of drug-likeness (QED) is 0.802. The van der Waals surface area contributed by atoms with Gasteiger partial charge in [-0.15, -0.1) is 11.3 Å². The van der Waals surface area contributed by atoms with Crippen LogP contribution in [0.4, 0.5) is 0 Å². The van der Waals surface area contributed by atoms with Crippen molar-refractivity contribution >= 4 is 27.3 Å². The molecule has 3 aromatic rings. The minimum Gasteiger partial charge on any atom is -0.486 e. The van der Waals surface area contributed by atoms with Crippen molar-refractivity contribution in [1.29, 1.82) is 0 Å². The van der Waals surface area contributed by atoms with Gasteiger partial charge >= 0.3 is 0 Å². The molecule has 0 fully saturated rings. The van der Waals surface area contributed by atoms with Gasteiger partial charge in [-0.1, -0.05) is 30.3 Å². The fourth-order valence-electron chi connectivity index (χ4n) is 2.55. The Balaban J connectivity index is 1.40. The first-order valence-electron chi connectivity index (χ1n) is 7.45. The molecule has 0 spiro atoms. The zero-order valence-electron chi connectivity index (χ0n) is 12.3. The van der Waals surface area contributed by atoms with Gasteiger partial charge in [0.25, 0.3) is 5.91 Å². The van der Waals surface area contributed by atoms with Crippen LogP contribution in [-0.4, -0.2) is 25.2 Å². The zero-order chi connectivity index (χ0) is 15.6. The summed E-state index contributed by atoms with van der Waals surface area (Å²) in [5, 5.41) is 4.02. The topological polar surface area (TPSA) is 47.6 Å². The number of thiophene rings is 1. The van der Waals surface area contributed by atoms with Gasteiger partial charge in [-0.25, -0.2) is 0 Å². The van der Waals surface area contributed by atoms with Crippen LogP contribution in [0.1, 0.15) is 9.67 Å². The number of para-hydroxylation sites is 2. The van der Waals surface area contributed by atoms with E-state index in [1.807, 2.05) is 54.6 Å². The second-order valence-corrected chi connectivity index (χ2v) is 6.44. The third kappa shape index (κ3) is 2.87. The summed E-state index contributed by atoms with van der Waals surface area (Å²) in [7, 11) is 0. The fraction of sp³-hybridized carbons (Fsp3) is 0.167. The molecule has 1 amide bonds. The SMILES string of the molecule is O=C(NCC1COc2ccccc2O1)c1cc2ccccc2s1. The van der Waals surface area contributed by atoms with Crippen LogP contribution >= 0.6 is 11.3 Å². The standard InChI is InChI=1S/C18H15NO3S/c20-18(17-9-12-5-1-4-8-16(12)23-17)19-10-13-11-21-14-6-2-3-7-15(14)22-13/h1-9,13H,10-11H2,(H,19,20). The molecule has 1 aromatic heterocycles. The van der Waals surface area contributed by atoms with E-state index in [-0.39, 0.29) is 12.0 Å². The molecule has 1 aliphatic rings. The van der Waals surface area contributed by atoms with E-state index in [2.05, 4.69) is 5.32 Å². The Morgan fingerprint density at radius 1 is 1.13 bits per heavy atom. The molecule has 4 rings (SSSR count). The monoisotopic (exact) mass is 325 g/mol. The molecule has 4 nitrogen and oxygen atoms in total. The Bertz CT molecular complexity index is 825. The normalized spacial score (nSPS) is 16.3. The highest BCUT2D eigenvalue weighted by Crippen LogP contribution is 2.30. The van der Waals surface area contributed by atoms with Crippen molar-refractivity contribution in [2.24, 2.45) is 0 Å². The van der Waals surface area contributed by atoms with Gasteiger partial charge in [0, 0.05) is 4.70 Å². The predicted octanol–water partition coefficient (Wildman–Crippen LogP) is 3.47. The first-order valence-corrected chi connectivity index (χ1v) is 8.26. The Hall–Kier alpha value is -2.53. The molecular weight excluding hydrogens is 310 g/mol. The number of carbonyl (C=O) groups is 1. The van der Waals surface area contributed by atoms with Gasteiger partial charge < -0.3 is 14.8 Å². The molecular formula is C18H15NO3S. The van der Waals surface area contributed by atoms with Gasteiger partial charge in [-0.05, 0) is 29.7 Å². The van der Waals surface area contributed by atoms with Crippen molar-refractivity contribution in [2.75, 3.05) is 13.2 Å². The number of ether oxygens (including phenoxy) is 2. The molecule has 0 saturated heterocycles. The lowest BCUT2D eigenvalue weighted by Crippen LogP contribution is -2.40. The van der Waals surface area contributed by atoms with Gasteiger partial charge in [0.15, 0.2) is 11.5 Å². The van der Waals surface area contributed by atoms with Crippen molar-refractivity contribution in [3.05, 3.63) is 59.5 Å². The molecule has 1 aliphatic heterocycles. The molecule has 2 heterocycles. The summed E-state index contributed by atoms with van der Waals surface area (Å²) in [5.41, 5.74) is 0. The fourth-order valence-corrected chi connectivity index (χ4v) is 3.53. The Labute approximate surface area is 137 Å². The van der Waals surface area contributed by atoms with Crippen LogP contribution in [0.25, 0.3) is 10.1 Å². The third-order valence-electron chi connectivity index (χ3n) is 3.71. The van der Waals surface area contributed by atoms with E-state index in [0.717, 1.165) is 21.6 Å². The average molecular weight is 325 g/mol. The Morgan fingerprint density at radius 3 is 2.78 bits per heavy atom. The molecule has 116 valence electrons. The average Bonchev–Trinajstić information content (AvgIpc) is 3.04. The Kier molecular flexibility index (Phi) is 3.63. The van der Waals surface area contributed by atoms with Crippen molar-refractivity contribution in [1.82, 2.24) is 5.32 Å². The lowest BCUT2D eigenvalue weighted by atomic mass is 10.2. The molecule has 2 aromatic carbocycles. The summed E-state index contributed by atoms with van der Waals surface area (Å²) in [6.45, 7) is 0.852. The van der Waals surface area contributed by atoms with E-state index in [1.54, 1.807) is 0 Å². The van der Waals surface area contributed by atoms with Crippen LogP contribution in [0, 0.1) is 0 Å². The molecule has 1 atom stereocenters. The summed E-state index contributed by atoms with van der Waals surface area (Å²) in [6.07, 6.45) is -0.178. The maximum absolute atomic E-state index is 12.3. The second-order valence-electron chi connectivity index (χ2n) is 5.36. The van der Waals surface area contributed by atoms with E-state index in [1.165, 1.54) is 11.3 Å². The molecule has 0 bridgehead atoms. The van der Waals surface area contributed by atoms with Crippen LogP contribution < -0.4 is 14.8 Å². The van der Waals surface area contributed by atoms with Crippen LogP contribution in [0.5, 0.6) is 11.5 Å². The molecule has 1 N–H and O–H groups in total. The van der Waals surface area contributed by atoms with Crippen molar-refractivity contribution < 1.29 is 14.3 Å². The van der Waals surface area contributed by atoms with Gasteiger partial charge in [0.2, 0.25) is 0 Å². The first-order chi connectivity index (χ1) is 11.3. The molecule has 1 unspecified atom stereocenters. The second kappa shape index (κ2) is 5.93. The first kappa shape index (κ1) is 14.1. The zero-order valence-corrected chi connectivity index (χ0v) is 13.1. The van der Waals surface area contributed by atoms with Crippen molar-refractivity contribution in [2.45, 2.75) is 6.10 Å². The maximum Gasteiger partial charge on any atom is 0.261 e. The largest absolute Gasteiger partial charge is 0.486 e. The van der Waals surface area contributed by atoms with Gasteiger partial charge in [0.1, 0.15) is 12.7 Å². The Morgan fingerprint density at radius 2 is 1.91 bits per heavy atom. The lowest BCUT2D eigenvalue weighted by molar-refractivity contribution is 0.0791. The highest BCUT2D eigenvalue weighted by atomic mass is 32.1. The number of amides is 1. The van der Waals surface area contributed by atoms with Crippen molar-refractivity contribution in [3.8, 4) is 11.5 Å². The van der Waals surface area contributed by atoms with Crippen LogP contribution in [0.3, 0.4) is 0 Å². The highest BCUT2D eigenvalue weighted by Gasteiger charge is 2.21. The van der Waals surface area contributed by atoms with Gasteiger partial charge in [-0.3, -0.25) is 4.79 Å². The molecule has 5 heteroatoms. The van der Waals surface area contributed by atoms with E-state index in [9.17, 15) is 4.79 Å². The smallest absolute Gasteiger partial charge is 0.261 e. The number of benzene rings is 2. The molecule has 0 saturated carbocycles. The van der Waals surface area contributed by atoms with E-state index in [0.29, 0.717) is 18.0 Å². The molecule has 0 aliphatic carbocycles. The predicted molar refractivity (Wildman–Crippen MR) is 90.5 cm³/mol. The highest BCUT2D eigenvalue weighted by molar-refractivity contribution is 7.20. The summed E-state index contributed by atoms with van der Waals surface area (Å²) in [5.74, 6) is 1.40. The van der Waals surface area contributed by atoms with Gasteiger partial charge in [-0.2, -0.15) is 0 Å². The summed E-state index contributed by atoms with van der Waals surface area (Å²) < 4.78 is 12.6. The number of hydrogen-bond acceptors (Lipinski definition) is 4. The summed E-state index contributed by atoms with van der Waals surface area (Å²) in [6, 6.07) is 17.5.